The Kier molecular flexibility index (Phi) is 10.5. The molecule has 0 radical (unpaired) electrons. The Hall–Kier alpha value is -4.61. The van der Waals surface area contributed by atoms with Gasteiger partial charge in [0.25, 0.3) is 5.91 Å². The Labute approximate surface area is 232 Å². The Morgan fingerprint density at radius 3 is 2.15 bits per heavy atom. The smallest absolute Gasteiger partial charge is 0.272 e. The quantitative estimate of drug-likeness (QED) is 0.284. The maximum absolute atomic E-state index is 13.5. The number of amides is 5. The first-order valence-electron chi connectivity index (χ1n) is 13.1. The number of rotatable bonds is 11. The Morgan fingerprint density at radius 2 is 1.55 bits per heavy atom. The van der Waals surface area contributed by atoms with Crippen molar-refractivity contribution in [3.8, 4) is 0 Å². The van der Waals surface area contributed by atoms with Crippen molar-refractivity contribution in [3.05, 3.63) is 71.1 Å². The third kappa shape index (κ3) is 7.71. The minimum atomic E-state index is -1.14. The second kappa shape index (κ2) is 14.0. The third-order valence-corrected chi connectivity index (χ3v) is 6.57. The van der Waals surface area contributed by atoms with Gasteiger partial charge in [0.15, 0.2) is 0 Å². The van der Waals surface area contributed by atoms with Crippen LogP contribution in [0.5, 0.6) is 0 Å². The fraction of sp³-hybridized carbons (Fsp3) is 0.393. The zero-order valence-corrected chi connectivity index (χ0v) is 22.7. The number of para-hydroxylation sites is 1. The maximum Gasteiger partial charge on any atom is 0.272 e. The summed E-state index contributed by atoms with van der Waals surface area (Å²) in [7, 11) is 0. The largest absolute Gasteiger partial charge is 0.345 e. The van der Waals surface area contributed by atoms with E-state index in [4.69, 9.17) is 0 Å². The highest BCUT2D eigenvalue weighted by Gasteiger charge is 2.39. The Balaban J connectivity index is 1.76. The summed E-state index contributed by atoms with van der Waals surface area (Å²) in [4.78, 5) is 76.8. The summed E-state index contributed by atoms with van der Waals surface area (Å²) in [6.45, 7) is 4.58. The molecule has 0 spiro atoms. The van der Waals surface area contributed by atoms with E-state index >= 15 is 0 Å². The summed E-state index contributed by atoms with van der Waals surface area (Å²) in [5.41, 5.74) is 1.01. The van der Waals surface area contributed by atoms with Crippen LogP contribution in [0.1, 0.15) is 39.2 Å². The van der Waals surface area contributed by atoms with Gasteiger partial charge in [0.1, 0.15) is 24.2 Å². The van der Waals surface area contributed by atoms with Crippen LogP contribution >= 0.6 is 0 Å². The molecule has 5 amide bonds. The number of hydrogen-bond donors (Lipinski definition) is 3. The van der Waals surface area contributed by atoms with Crippen LogP contribution in [-0.2, 0) is 30.4 Å². The predicted octanol–water partition coefficient (Wildman–Crippen LogP) is 1.45. The maximum atomic E-state index is 13.5. The van der Waals surface area contributed by atoms with Gasteiger partial charge in [0.05, 0.1) is 11.0 Å². The summed E-state index contributed by atoms with van der Waals surface area (Å²) in [6.07, 6.45) is 1.01. The van der Waals surface area contributed by atoms with Crippen molar-refractivity contribution in [2.24, 2.45) is 5.29 Å². The van der Waals surface area contributed by atoms with Crippen LogP contribution in [0.3, 0.4) is 0 Å². The van der Waals surface area contributed by atoms with Gasteiger partial charge in [-0.05, 0) is 44.4 Å². The number of likely N-dealkylation sites (tertiary alicyclic amines) is 1. The van der Waals surface area contributed by atoms with E-state index < -0.39 is 47.8 Å². The zero-order valence-electron chi connectivity index (χ0n) is 22.7. The summed E-state index contributed by atoms with van der Waals surface area (Å²) in [5, 5.41) is 11.4. The molecule has 1 heterocycles. The van der Waals surface area contributed by atoms with E-state index in [0.29, 0.717) is 24.4 Å². The topological polar surface area (TPSA) is 157 Å². The average Bonchev–Trinajstić information content (AvgIpc) is 3.43. The minimum absolute atomic E-state index is 0.0957. The first-order valence-corrected chi connectivity index (χ1v) is 13.1. The average molecular weight is 551 g/mol. The molecule has 0 bridgehead atoms. The van der Waals surface area contributed by atoms with E-state index in [1.807, 2.05) is 6.07 Å². The van der Waals surface area contributed by atoms with Gasteiger partial charge in [-0.1, -0.05) is 48.5 Å². The van der Waals surface area contributed by atoms with Crippen molar-refractivity contribution < 1.29 is 24.0 Å². The molecule has 2 aromatic carbocycles. The van der Waals surface area contributed by atoms with Gasteiger partial charge in [0.2, 0.25) is 23.6 Å². The standard InChI is InChI=1S/C28H34N6O6/c1-18(29-20(3)35)25(36)30-19(2)27(38)33-16-10-15-24(33)26(37)31-23(17-21-11-6-4-7-12-21)28(39)34(32-40)22-13-8-5-9-14-22/h4-9,11-14,18-19,23-24H,10,15-17H2,1-3H3,(H,29,35)(H,30,36)(H,31,37)/t18-,19-,23-,24-/m0/s1. The number of anilines is 1. The molecular weight excluding hydrogens is 516 g/mol. The first-order chi connectivity index (χ1) is 19.1. The van der Waals surface area contributed by atoms with Crippen LogP contribution in [-0.4, -0.2) is 65.1 Å². The normalized spacial score (nSPS) is 16.7. The number of nitrogens with zero attached hydrogens (tertiary/aromatic N) is 3. The lowest BCUT2D eigenvalue weighted by molar-refractivity contribution is -0.142. The van der Waals surface area contributed by atoms with Crippen LogP contribution in [0.25, 0.3) is 0 Å². The molecule has 1 aliphatic rings. The van der Waals surface area contributed by atoms with Gasteiger partial charge >= 0.3 is 0 Å². The van der Waals surface area contributed by atoms with Crippen molar-refractivity contribution in [2.75, 3.05) is 11.6 Å². The van der Waals surface area contributed by atoms with Crippen LogP contribution in [0.2, 0.25) is 0 Å². The Bertz CT molecular complexity index is 1220. The van der Waals surface area contributed by atoms with E-state index in [1.54, 1.807) is 54.6 Å². The van der Waals surface area contributed by atoms with E-state index in [-0.39, 0.29) is 18.0 Å². The molecular formula is C28H34N6O6. The first kappa shape index (κ1) is 29.9. The number of benzene rings is 2. The molecule has 4 atom stereocenters. The lowest BCUT2D eigenvalue weighted by atomic mass is 10.0. The molecule has 1 aliphatic heterocycles. The van der Waals surface area contributed by atoms with Crippen LogP contribution in [0.4, 0.5) is 5.69 Å². The molecule has 40 heavy (non-hydrogen) atoms. The van der Waals surface area contributed by atoms with E-state index in [9.17, 15) is 28.9 Å². The van der Waals surface area contributed by atoms with Crippen molar-refractivity contribution in [2.45, 2.75) is 64.2 Å². The fourth-order valence-corrected chi connectivity index (χ4v) is 4.57. The fourth-order valence-electron chi connectivity index (χ4n) is 4.57. The molecule has 1 saturated heterocycles. The van der Waals surface area contributed by atoms with Crippen molar-refractivity contribution >= 4 is 35.2 Å². The zero-order chi connectivity index (χ0) is 29.2. The summed E-state index contributed by atoms with van der Waals surface area (Å²) >= 11 is 0. The Morgan fingerprint density at radius 1 is 0.925 bits per heavy atom. The summed E-state index contributed by atoms with van der Waals surface area (Å²) in [6, 6.07) is 13.4. The molecule has 3 rings (SSSR count). The number of hydrogen-bond acceptors (Lipinski definition) is 7. The molecule has 0 unspecified atom stereocenters. The summed E-state index contributed by atoms with van der Waals surface area (Å²) in [5.74, 6) is -2.65. The molecule has 0 aromatic heterocycles. The monoisotopic (exact) mass is 550 g/mol. The number of carbonyl (C=O) groups excluding carboxylic acids is 5. The highest BCUT2D eigenvalue weighted by atomic mass is 16.3. The minimum Gasteiger partial charge on any atom is -0.345 e. The van der Waals surface area contributed by atoms with Gasteiger partial charge in [-0.3, -0.25) is 24.0 Å². The number of carbonyl (C=O) groups is 5. The summed E-state index contributed by atoms with van der Waals surface area (Å²) < 4.78 is 0. The molecule has 0 aliphatic carbocycles. The highest BCUT2D eigenvalue weighted by Crippen LogP contribution is 2.21. The lowest BCUT2D eigenvalue weighted by Gasteiger charge is -2.29. The van der Waals surface area contributed by atoms with Gasteiger partial charge in [-0.25, -0.2) is 0 Å². The van der Waals surface area contributed by atoms with Crippen LogP contribution in [0, 0.1) is 4.91 Å². The SMILES string of the molecule is CC(=O)N[C@@H](C)C(=O)N[C@@H](C)C(=O)N1CCC[C@H]1C(=O)N[C@@H](Cc1ccccc1)C(=O)N(N=O)c1ccccc1. The van der Waals surface area contributed by atoms with E-state index in [1.165, 1.54) is 25.7 Å². The second-order valence-electron chi connectivity index (χ2n) is 9.66. The van der Waals surface area contributed by atoms with Gasteiger partial charge in [0, 0.05) is 19.9 Å². The lowest BCUT2D eigenvalue weighted by Crippen LogP contribution is -2.57. The van der Waals surface area contributed by atoms with Crippen molar-refractivity contribution in [1.82, 2.24) is 20.9 Å². The van der Waals surface area contributed by atoms with E-state index in [0.717, 1.165) is 5.56 Å². The molecule has 1 fully saturated rings. The van der Waals surface area contributed by atoms with Gasteiger partial charge in [-0.15, -0.1) is 4.91 Å². The molecule has 0 saturated carbocycles. The molecule has 12 heteroatoms. The van der Waals surface area contributed by atoms with Crippen LogP contribution < -0.4 is 21.0 Å². The molecule has 212 valence electrons. The van der Waals surface area contributed by atoms with Gasteiger partial charge in [-0.2, -0.15) is 5.01 Å². The van der Waals surface area contributed by atoms with Crippen molar-refractivity contribution in [1.29, 1.82) is 0 Å². The number of nitrogens with one attached hydrogen (secondary N) is 3. The van der Waals surface area contributed by atoms with Gasteiger partial charge < -0.3 is 20.9 Å². The van der Waals surface area contributed by atoms with E-state index in [2.05, 4.69) is 21.2 Å². The van der Waals surface area contributed by atoms with Crippen LogP contribution in [0.15, 0.2) is 65.9 Å². The molecule has 2 aromatic rings. The molecule has 12 nitrogen and oxygen atoms in total. The van der Waals surface area contributed by atoms with Crippen molar-refractivity contribution in [3.63, 3.8) is 0 Å². The third-order valence-electron chi connectivity index (χ3n) is 6.57. The highest BCUT2D eigenvalue weighted by molar-refractivity contribution is 6.00. The second-order valence-corrected chi connectivity index (χ2v) is 9.66. The predicted molar refractivity (Wildman–Crippen MR) is 147 cm³/mol. The molecule has 3 N–H and O–H groups in total. The number of nitroso groups, excluding NO2 is 1.